The molecule has 1 aromatic carbocycles. The van der Waals surface area contributed by atoms with Crippen LogP contribution >= 0.6 is 11.6 Å². The molecule has 0 amide bonds. The Balaban J connectivity index is 2.95. The summed E-state index contributed by atoms with van der Waals surface area (Å²) in [6.07, 6.45) is -4.42. The number of aldehydes is 1. The maximum absolute atomic E-state index is 11.7. The highest BCUT2D eigenvalue weighted by molar-refractivity contribution is 6.32. The molecule has 0 radical (unpaired) electrons. The Hall–Kier alpha value is -1.23. The SMILES string of the molecule is O=Cc1cc(OC(F)(F)F)ccc1Cl. The van der Waals surface area contributed by atoms with E-state index in [1.54, 1.807) is 0 Å². The molecule has 76 valence electrons. The molecular weight excluding hydrogens is 221 g/mol. The molecule has 0 aliphatic carbocycles. The number of alkyl halides is 3. The molecule has 1 aromatic rings. The number of hydrogen-bond acceptors (Lipinski definition) is 2. The largest absolute Gasteiger partial charge is 0.573 e. The minimum Gasteiger partial charge on any atom is -0.406 e. The van der Waals surface area contributed by atoms with E-state index in [2.05, 4.69) is 4.74 Å². The molecule has 1 rings (SSSR count). The van der Waals surface area contributed by atoms with Crippen LogP contribution in [0.3, 0.4) is 0 Å². The zero-order chi connectivity index (χ0) is 10.8. The van der Waals surface area contributed by atoms with E-state index < -0.39 is 12.1 Å². The van der Waals surface area contributed by atoms with Gasteiger partial charge >= 0.3 is 6.36 Å². The summed E-state index contributed by atoms with van der Waals surface area (Å²) < 4.78 is 38.8. The number of hydrogen-bond donors (Lipinski definition) is 0. The molecule has 0 aromatic heterocycles. The van der Waals surface area contributed by atoms with Gasteiger partial charge in [0, 0.05) is 5.56 Å². The molecule has 0 bridgehead atoms. The molecule has 0 N–H and O–H groups in total. The summed E-state index contributed by atoms with van der Waals surface area (Å²) in [6.45, 7) is 0. The van der Waals surface area contributed by atoms with Gasteiger partial charge in [0.1, 0.15) is 5.75 Å². The standard InChI is InChI=1S/C8H4ClF3O2/c9-7-2-1-6(3-5(7)4-13)14-8(10,11)12/h1-4H. The predicted molar refractivity (Wildman–Crippen MR) is 43.5 cm³/mol. The van der Waals surface area contributed by atoms with Gasteiger partial charge in [0.25, 0.3) is 0 Å². The van der Waals surface area contributed by atoms with Gasteiger partial charge in [-0.1, -0.05) is 11.6 Å². The minimum absolute atomic E-state index is 0.0478. The first kappa shape index (κ1) is 10.8. The van der Waals surface area contributed by atoms with Crippen LogP contribution in [0.25, 0.3) is 0 Å². The maximum Gasteiger partial charge on any atom is 0.573 e. The molecular formula is C8H4ClF3O2. The van der Waals surface area contributed by atoms with Gasteiger partial charge in [-0.15, -0.1) is 13.2 Å². The molecule has 0 aliphatic heterocycles. The number of benzene rings is 1. The summed E-state index contributed by atoms with van der Waals surface area (Å²) in [6, 6.07) is 3.11. The zero-order valence-electron chi connectivity index (χ0n) is 6.64. The number of rotatable bonds is 2. The van der Waals surface area contributed by atoms with Crippen molar-refractivity contribution in [2.45, 2.75) is 6.36 Å². The van der Waals surface area contributed by atoms with Crippen LogP contribution in [0.2, 0.25) is 5.02 Å². The molecule has 0 unspecified atom stereocenters. The predicted octanol–water partition coefficient (Wildman–Crippen LogP) is 3.05. The van der Waals surface area contributed by atoms with Crippen molar-refractivity contribution in [2.75, 3.05) is 0 Å². The van der Waals surface area contributed by atoms with Crippen molar-refractivity contribution in [1.82, 2.24) is 0 Å². The van der Waals surface area contributed by atoms with E-state index in [0.717, 1.165) is 18.2 Å². The highest BCUT2D eigenvalue weighted by Crippen LogP contribution is 2.26. The third-order valence-electron chi connectivity index (χ3n) is 1.33. The number of ether oxygens (including phenoxy) is 1. The number of halogens is 4. The van der Waals surface area contributed by atoms with Crippen LogP contribution in [-0.4, -0.2) is 12.6 Å². The van der Waals surface area contributed by atoms with E-state index in [1.807, 2.05) is 0 Å². The average Bonchev–Trinajstić information content (AvgIpc) is 2.06. The second-order valence-corrected chi connectivity index (χ2v) is 2.76. The summed E-state index contributed by atoms with van der Waals surface area (Å²) in [7, 11) is 0. The Labute approximate surface area is 82.2 Å². The first-order valence-corrected chi connectivity index (χ1v) is 3.80. The summed E-state index contributed by atoms with van der Waals surface area (Å²) in [4.78, 5) is 10.3. The van der Waals surface area contributed by atoms with Gasteiger partial charge in [-0.3, -0.25) is 4.79 Å². The lowest BCUT2D eigenvalue weighted by atomic mass is 10.2. The van der Waals surface area contributed by atoms with Crippen molar-refractivity contribution in [3.63, 3.8) is 0 Å². The fourth-order valence-corrected chi connectivity index (χ4v) is 0.971. The minimum atomic E-state index is -4.77. The first-order valence-electron chi connectivity index (χ1n) is 3.43. The van der Waals surface area contributed by atoms with E-state index >= 15 is 0 Å². The summed E-state index contributed by atoms with van der Waals surface area (Å²) in [5.41, 5.74) is -0.0478. The van der Waals surface area contributed by atoms with Gasteiger partial charge in [0.2, 0.25) is 0 Å². The van der Waals surface area contributed by atoms with Crippen molar-refractivity contribution in [1.29, 1.82) is 0 Å². The maximum atomic E-state index is 11.7. The van der Waals surface area contributed by atoms with Crippen LogP contribution in [0, 0.1) is 0 Å². The molecule has 0 spiro atoms. The fraction of sp³-hybridized carbons (Fsp3) is 0.125. The first-order chi connectivity index (χ1) is 6.42. The van der Waals surface area contributed by atoms with E-state index in [9.17, 15) is 18.0 Å². The third-order valence-corrected chi connectivity index (χ3v) is 1.67. The van der Waals surface area contributed by atoms with Gasteiger partial charge in [-0.25, -0.2) is 0 Å². The highest BCUT2D eigenvalue weighted by atomic mass is 35.5. The molecule has 0 atom stereocenters. The molecule has 0 aliphatic rings. The van der Waals surface area contributed by atoms with Crippen molar-refractivity contribution >= 4 is 17.9 Å². The Bertz CT molecular complexity index is 349. The Morgan fingerprint density at radius 2 is 2.00 bits per heavy atom. The van der Waals surface area contributed by atoms with E-state index in [4.69, 9.17) is 11.6 Å². The fourth-order valence-electron chi connectivity index (χ4n) is 0.809. The van der Waals surface area contributed by atoms with Crippen molar-refractivity contribution in [3.8, 4) is 5.75 Å². The average molecular weight is 225 g/mol. The summed E-state index contributed by atoms with van der Waals surface area (Å²) >= 11 is 5.50. The van der Waals surface area contributed by atoms with Gasteiger partial charge in [-0.05, 0) is 18.2 Å². The molecule has 14 heavy (non-hydrogen) atoms. The van der Waals surface area contributed by atoms with Crippen LogP contribution < -0.4 is 4.74 Å². The van der Waals surface area contributed by atoms with Gasteiger partial charge in [-0.2, -0.15) is 0 Å². The Kier molecular flexibility index (Phi) is 3.00. The number of carbonyl (C=O) groups excluding carboxylic acids is 1. The van der Waals surface area contributed by atoms with Crippen LogP contribution in [-0.2, 0) is 0 Å². The molecule has 6 heteroatoms. The van der Waals surface area contributed by atoms with Crippen LogP contribution in [0.15, 0.2) is 18.2 Å². The van der Waals surface area contributed by atoms with Gasteiger partial charge < -0.3 is 4.74 Å². The van der Waals surface area contributed by atoms with Crippen LogP contribution in [0.1, 0.15) is 10.4 Å². The van der Waals surface area contributed by atoms with Crippen molar-refractivity contribution in [3.05, 3.63) is 28.8 Å². The van der Waals surface area contributed by atoms with E-state index in [1.165, 1.54) is 0 Å². The lowest BCUT2D eigenvalue weighted by Gasteiger charge is -2.09. The van der Waals surface area contributed by atoms with E-state index in [0.29, 0.717) is 6.29 Å². The zero-order valence-corrected chi connectivity index (χ0v) is 7.39. The highest BCUT2D eigenvalue weighted by Gasteiger charge is 2.31. The van der Waals surface area contributed by atoms with Gasteiger partial charge in [0.05, 0.1) is 5.02 Å². The van der Waals surface area contributed by atoms with Crippen LogP contribution in [0.4, 0.5) is 13.2 Å². The van der Waals surface area contributed by atoms with Crippen LogP contribution in [0.5, 0.6) is 5.75 Å². The molecule has 0 heterocycles. The lowest BCUT2D eigenvalue weighted by molar-refractivity contribution is -0.274. The summed E-state index contributed by atoms with van der Waals surface area (Å²) in [5.74, 6) is -0.469. The topological polar surface area (TPSA) is 26.3 Å². The molecule has 0 fully saturated rings. The Morgan fingerprint density at radius 3 is 2.50 bits per heavy atom. The third kappa shape index (κ3) is 2.92. The molecule has 2 nitrogen and oxygen atoms in total. The molecule has 0 saturated carbocycles. The number of carbonyl (C=O) groups is 1. The van der Waals surface area contributed by atoms with Crippen molar-refractivity contribution < 1.29 is 22.7 Å². The smallest absolute Gasteiger partial charge is 0.406 e. The second-order valence-electron chi connectivity index (χ2n) is 2.35. The monoisotopic (exact) mass is 224 g/mol. The summed E-state index contributed by atoms with van der Waals surface area (Å²) in [5, 5.41) is 0.0783. The van der Waals surface area contributed by atoms with Gasteiger partial charge in [0.15, 0.2) is 6.29 Å². The normalized spacial score (nSPS) is 11.1. The second kappa shape index (κ2) is 3.88. The lowest BCUT2D eigenvalue weighted by Crippen LogP contribution is -2.17. The van der Waals surface area contributed by atoms with E-state index in [-0.39, 0.29) is 10.6 Å². The molecule has 0 saturated heterocycles. The Morgan fingerprint density at radius 1 is 1.36 bits per heavy atom. The van der Waals surface area contributed by atoms with Crippen molar-refractivity contribution in [2.24, 2.45) is 0 Å². The quantitative estimate of drug-likeness (QED) is 0.722.